The van der Waals surface area contributed by atoms with Crippen molar-refractivity contribution in [2.75, 3.05) is 6.61 Å². The first-order valence-corrected chi connectivity index (χ1v) is 13.7. The molecule has 0 saturated carbocycles. The lowest BCUT2D eigenvalue weighted by Gasteiger charge is -2.40. The largest absolute Gasteiger partial charge is 0.460 e. The van der Waals surface area contributed by atoms with Gasteiger partial charge < -0.3 is 44.8 Å². The monoisotopic (exact) mass is 564 g/mol. The maximum atomic E-state index is 12.1. The van der Waals surface area contributed by atoms with E-state index >= 15 is 0 Å². The van der Waals surface area contributed by atoms with E-state index in [9.17, 15) is 35.4 Å². The highest BCUT2D eigenvalue weighted by Crippen LogP contribution is 2.24. The smallest absolute Gasteiger partial charge is 0.331 e. The lowest BCUT2D eigenvalue weighted by atomic mass is 9.99. The SMILES string of the molecule is CC1CCC/C=C/C=C/C(O)CC(O)C/C=C\C=C\C(O[C@@H]2O[C@H](CO)[C@@H](O)[C@H](O)[C@H]2O)C/C=C/C=C\C(=O)O1. The Morgan fingerprint density at radius 2 is 1.57 bits per heavy atom. The minimum Gasteiger partial charge on any atom is -0.460 e. The fourth-order valence-corrected chi connectivity index (χ4v) is 4.10. The van der Waals surface area contributed by atoms with Crippen molar-refractivity contribution in [2.45, 2.75) is 101 Å². The van der Waals surface area contributed by atoms with Crippen molar-refractivity contribution in [3.05, 3.63) is 72.9 Å². The molecule has 10 nitrogen and oxygen atoms in total. The predicted molar refractivity (Wildman–Crippen MR) is 149 cm³/mol. The molecule has 0 spiro atoms. The Hall–Kier alpha value is -2.41. The summed E-state index contributed by atoms with van der Waals surface area (Å²) in [6, 6.07) is 0. The van der Waals surface area contributed by atoms with Crippen molar-refractivity contribution in [1.82, 2.24) is 0 Å². The van der Waals surface area contributed by atoms with Gasteiger partial charge in [-0.2, -0.15) is 0 Å². The maximum Gasteiger partial charge on any atom is 0.331 e. The van der Waals surface area contributed by atoms with Gasteiger partial charge in [0.05, 0.1) is 31.0 Å². The first-order chi connectivity index (χ1) is 19.2. The third kappa shape index (κ3) is 12.8. The van der Waals surface area contributed by atoms with Gasteiger partial charge in [0.1, 0.15) is 24.4 Å². The van der Waals surface area contributed by atoms with Crippen LogP contribution >= 0.6 is 0 Å². The molecular formula is C30H44O10. The number of hydrogen-bond acceptors (Lipinski definition) is 10. The standard InChI is InChI=1S/C30H44O10/c1-21-13-7-3-2-4-8-14-22(32)19-23(33)15-9-5-10-16-24(17-11-6-12-18-26(34)38-21)39-30-29(37)28(36)27(35)25(20-31)40-30/h2,4-6,8-12,14,16,18,21-25,27-33,35-37H,3,7,13,15,17,19-20H2,1H3/b4-2+,9-5-,11-6+,14-8+,16-10+,18-12-/t21?,22?,23?,24?,25-,27-,28+,29-,30-/m1/s1. The summed E-state index contributed by atoms with van der Waals surface area (Å²) in [7, 11) is 0. The molecule has 0 aliphatic carbocycles. The minimum absolute atomic E-state index is 0.183. The second-order valence-electron chi connectivity index (χ2n) is 9.89. The number of aliphatic hydroxyl groups is 6. The molecular weight excluding hydrogens is 520 g/mol. The number of allylic oxidation sites excluding steroid dienone is 7. The molecule has 10 heteroatoms. The molecule has 1 fully saturated rings. The molecule has 9 atom stereocenters. The lowest BCUT2D eigenvalue weighted by molar-refractivity contribution is -0.307. The van der Waals surface area contributed by atoms with Gasteiger partial charge in [-0.3, -0.25) is 0 Å². The first-order valence-electron chi connectivity index (χ1n) is 13.7. The maximum absolute atomic E-state index is 12.1. The highest BCUT2D eigenvalue weighted by Gasteiger charge is 2.44. The van der Waals surface area contributed by atoms with E-state index in [0.717, 1.165) is 12.8 Å². The van der Waals surface area contributed by atoms with E-state index in [1.165, 1.54) is 6.08 Å². The van der Waals surface area contributed by atoms with Crippen LogP contribution in [0.5, 0.6) is 0 Å². The van der Waals surface area contributed by atoms with Crippen molar-refractivity contribution in [1.29, 1.82) is 0 Å². The van der Waals surface area contributed by atoms with Gasteiger partial charge in [0.15, 0.2) is 6.29 Å². The number of carbonyl (C=O) groups is 1. The Bertz CT molecular complexity index is 906. The van der Waals surface area contributed by atoms with Crippen LogP contribution in [-0.2, 0) is 19.0 Å². The quantitative estimate of drug-likeness (QED) is 0.277. The summed E-state index contributed by atoms with van der Waals surface area (Å²) >= 11 is 0. The van der Waals surface area contributed by atoms with Crippen molar-refractivity contribution < 1.29 is 49.6 Å². The molecule has 6 N–H and O–H groups in total. The van der Waals surface area contributed by atoms with Gasteiger partial charge in [-0.1, -0.05) is 66.8 Å². The van der Waals surface area contributed by atoms with Crippen LogP contribution in [0.4, 0.5) is 0 Å². The molecule has 0 aromatic carbocycles. The molecule has 2 aliphatic heterocycles. The summed E-state index contributed by atoms with van der Waals surface area (Å²) < 4.78 is 16.7. The summed E-state index contributed by atoms with van der Waals surface area (Å²) in [6.45, 7) is 1.26. The van der Waals surface area contributed by atoms with E-state index in [1.54, 1.807) is 54.7 Å². The number of cyclic esters (lactones) is 1. The third-order valence-electron chi connectivity index (χ3n) is 6.38. The number of esters is 1. The summed E-state index contributed by atoms with van der Waals surface area (Å²) in [5.41, 5.74) is 0. The Morgan fingerprint density at radius 1 is 0.875 bits per heavy atom. The van der Waals surface area contributed by atoms with Crippen LogP contribution < -0.4 is 0 Å². The van der Waals surface area contributed by atoms with Gasteiger partial charge in [0.2, 0.25) is 0 Å². The molecule has 2 aliphatic rings. The van der Waals surface area contributed by atoms with E-state index in [1.807, 2.05) is 19.1 Å². The van der Waals surface area contributed by atoms with Crippen LogP contribution in [0.25, 0.3) is 0 Å². The number of carbonyl (C=O) groups excluding carboxylic acids is 1. The molecule has 2 heterocycles. The number of aliphatic hydroxyl groups excluding tert-OH is 6. The van der Waals surface area contributed by atoms with Gasteiger partial charge in [0.25, 0.3) is 0 Å². The Balaban J connectivity index is 2.12. The second-order valence-corrected chi connectivity index (χ2v) is 9.89. The summed E-state index contributed by atoms with van der Waals surface area (Å²) in [5.74, 6) is -0.458. The van der Waals surface area contributed by atoms with E-state index < -0.39 is 61.6 Å². The number of ether oxygens (including phenoxy) is 3. The molecule has 40 heavy (non-hydrogen) atoms. The van der Waals surface area contributed by atoms with Gasteiger partial charge >= 0.3 is 5.97 Å². The van der Waals surface area contributed by atoms with Crippen LogP contribution in [0, 0.1) is 0 Å². The van der Waals surface area contributed by atoms with Crippen LogP contribution in [0.1, 0.15) is 45.4 Å². The average Bonchev–Trinajstić information content (AvgIpc) is 2.91. The van der Waals surface area contributed by atoms with E-state index in [4.69, 9.17) is 14.2 Å². The topological polar surface area (TPSA) is 166 Å². The van der Waals surface area contributed by atoms with Crippen molar-refractivity contribution in [3.63, 3.8) is 0 Å². The highest BCUT2D eigenvalue weighted by atomic mass is 16.7. The van der Waals surface area contributed by atoms with Crippen LogP contribution in [-0.4, -0.2) is 98.3 Å². The zero-order chi connectivity index (χ0) is 29.3. The molecule has 0 amide bonds. The molecule has 0 bridgehead atoms. The van der Waals surface area contributed by atoms with Gasteiger partial charge in [-0.15, -0.1) is 0 Å². The molecule has 0 radical (unpaired) electrons. The molecule has 0 aromatic heterocycles. The molecule has 2 rings (SSSR count). The van der Waals surface area contributed by atoms with Crippen LogP contribution in [0.2, 0.25) is 0 Å². The molecule has 224 valence electrons. The van der Waals surface area contributed by atoms with E-state index in [0.29, 0.717) is 19.3 Å². The van der Waals surface area contributed by atoms with Crippen molar-refractivity contribution >= 4 is 5.97 Å². The Labute approximate surface area is 235 Å². The predicted octanol–water partition coefficient (Wildman–Crippen LogP) is 1.52. The fourth-order valence-electron chi connectivity index (χ4n) is 4.10. The second kappa shape index (κ2) is 18.8. The minimum atomic E-state index is -1.57. The van der Waals surface area contributed by atoms with Gasteiger partial charge in [-0.25, -0.2) is 4.79 Å². The lowest BCUT2D eigenvalue weighted by Crippen LogP contribution is -2.59. The molecule has 1 saturated heterocycles. The van der Waals surface area contributed by atoms with Gasteiger partial charge in [0, 0.05) is 12.5 Å². The Kier molecular flexibility index (Phi) is 15.9. The summed E-state index contributed by atoms with van der Waals surface area (Å²) in [5, 5.41) is 60.2. The van der Waals surface area contributed by atoms with Gasteiger partial charge in [-0.05, 0) is 39.0 Å². The summed E-state index contributed by atoms with van der Waals surface area (Å²) in [4.78, 5) is 12.1. The molecule has 4 unspecified atom stereocenters. The highest BCUT2D eigenvalue weighted by molar-refractivity contribution is 5.82. The number of hydrogen-bond donors (Lipinski definition) is 6. The summed E-state index contributed by atoms with van der Waals surface area (Å²) in [6.07, 6.45) is 13.9. The van der Waals surface area contributed by atoms with Crippen LogP contribution in [0.15, 0.2) is 72.9 Å². The normalized spacial score (nSPS) is 40.6. The molecule has 0 aromatic rings. The van der Waals surface area contributed by atoms with Crippen molar-refractivity contribution in [3.8, 4) is 0 Å². The average molecular weight is 565 g/mol. The van der Waals surface area contributed by atoms with Crippen LogP contribution in [0.3, 0.4) is 0 Å². The number of rotatable bonds is 3. The Morgan fingerprint density at radius 3 is 2.35 bits per heavy atom. The van der Waals surface area contributed by atoms with Crippen molar-refractivity contribution in [2.24, 2.45) is 0 Å². The zero-order valence-corrected chi connectivity index (χ0v) is 22.9. The zero-order valence-electron chi connectivity index (χ0n) is 22.9. The first kappa shape index (κ1) is 33.8. The van der Waals surface area contributed by atoms with E-state index in [-0.39, 0.29) is 12.5 Å². The fraction of sp³-hybridized carbons (Fsp3) is 0.567. The van der Waals surface area contributed by atoms with E-state index in [2.05, 4.69) is 0 Å². The third-order valence-corrected chi connectivity index (χ3v) is 6.38.